The molecule has 1 aliphatic rings. The van der Waals surface area contributed by atoms with E-state index in [1.807, 2.05) is 12.1 Å². The van der Waals surface area contributed by atoms with Crippen molar-refractivity contribution in [3.63, 3.8) is 0 Å². The molecular formula is C18H17Cl2F. The van der Waals surface area contributed by atoms with E-state index in [2.05, 4.69) is 18.2 Å². The summed E-state index contributed by atoms with van der Waals surface area (Å²) < 4.78 is 13.6. The zero-order chi connectivity index (χ0) is 14.8. The third kappa shape index (κ3) is 3.09. The lowest BCUT2D eigenvalue weighted by Gasteiger charge is -2.22. The Balaban J connectivity index is 1.88. The van der Waals surface area contributed by atoms with Gasteiger partial charge in [-0.2, -0.15) is 0 Å². The van der Waals surface area contributed by atoms with Crippen molar-refractivity contribution >= 4 is 23.2 Å². The van der Waals surface area contributed by atoms with E-state index < -0.39 is 0 Å². The van der Waals surface area contributed by atoms with Crippen molar-refractivity contribution in [1.82, 2.24) is 0 Å². The van der Waals surface area contributed by atoms with E-state index in [1.165, 1.54) is 17.2 Å². The van der Waals surface area contributed by atoms with Crippen LogP contribution in [0.15, 0.2) is 42.5 Å². The molecule has 0 amide bonds. The van der Waals surface area contributed by atoms with E-state index in [0.717, 1.165) is 31.2 Å². The van der Waals surface area contributed by atoms with Gasteiger partial charge in [0.05, 0.1) is 10.4 Å². The van der Waals surface area contributed by atoms with E-state index in [9.17, 15) is 4.39 Å². The second-order valence-electron chi connectivity index (χ2n) is 5.67. The molecule has 2 aromatic carbocycles. The van der Waals surface area contributed by atoms with Gasteiger partial charge in [-0.05, 0) is 54.4 Å². The average molecular weight is 323 g/mol. The monoisotopic (exact) mass is 322 g/mol. The Morgan fingerprint density at radius 2 is 1.90 bits per heavy atom. The van der Waals surface area contributed by atoms with E-state index in [-0.39, 0.29) is 22.1 Å². The normalized spacial score (nSPS) is 21.7. The molecule has 0 nitrogen and oxygen atoms in total. The number of hydrogen-bond donors (Lipinski definition) is 0. The highest BCUT2D eigenvalue weighted by molar-refractivity contribution is 6.31. The summed E-state index contributed by atoms with van der Waals surface area (Å²) in [7, 11) is 0. The van der Waals surface area contributed by atoms with Gasteiger partial charge < -0.3 is 0 Å². The molecule has 3 heteroatoms. The second kappa shape index (κ2) is 6.37. The van der Waals surface area contributed by atoms with Gasteiger partial charge in [0, 0.05) is 0 Å². The summed E-state index contributed by atoms with van der Waals surface area (Å²) >= 11 is 12.8. The fourth-order valence-corrected chi connectivity index (χ4v) is 3.81. The summed E-state index contributed by atoms with van der Waals surface area (Å²) in [5.74, 6) is -0.0658. The lowest BCUT2D eigenvalue weighted by molar-refractivity contribution is 0.464. The molecule has 0 radical (unpaired) electrons. The summed E-state index contributed by atoms with van der Waals surface area (Å²) in [6, 6.07) is 13.4. The summed E-state index contributed by atoms with van der Waals surface area (Å²) in [5, 5.41) is 0.196. The van der Waals surface area contributed by atoms with E-state index in [1.54, 1.807) is 6.07 Å². The van der Waals surface area contributed by atoms with Crippen molar-refractivity contribution in [3.8, 4) is 0 Å². The van der Waals surface area contributed by atoms with Gasteiger partial charge in [-0.15, -0.1) is 11.6 Å². The highest BCUT2D eigenvalue weighted by atomic mass is 35.5. The molecule has 2 aromatic rings. The van der Waals surface area contributed by atoms with Crippen molar-refractivity contribution in [3.05, 3.63) is 70.0 Å². The highest BCUT2D eigenvalue weighted by Crippen LogP contribution is 2.40. The van der Waals surface area contributed by atoms with Crippen LogP contribution in [-0.2, 0) is 12.8 Å². The van der Waals surface area contributed by atoms with Gasteiger partial charge >= 0.3 is 0 Å². The van der Waals surface area contributed by atoms with Crippen LogP contribution in [0.2, 0.25) is 5.02 Å². The summed E-state index contributed by atoms with van der Waals surface area (Å²) in [6.07, 6.45) is 3.93. The third-order valence-electron chi connectivity index (χ3n) is 4.30. The van der Waals surface area contributed by atoms with Gasteiger partial charge in [0.1, 0.15) is 5.82 Å². The Kier molecular flexibility index (Phi) is 4.51. The van der Waals surface area contributed by atoms with Crippen LogP contribution in [0.5, 0.6) is 0 Å². The van der Waals surface area contributed by atoms with Gasteiger partial charge in [0.25, 0.3) is 0 Å². The van der Waals surface area contributed by atoms with E-state index in [0.29, 0.717) is 0 Å². The van der Waals surface area contributed by atoms with E-state index in [4.69, 9.17) is 23.2 Å². The zero-order valence-corrected chi connectivity index (χ0v) is 13.2. The summed E-state index contributed by atoms with van der Waals surface area (Å²) in [6.45, 7) is 0. The molecule has 0 spiro atoms. The Hall–Kier alpha value is -1.05. The molecule has 110 valence electrons. The maximum absolute atomic E-state index is 13.6. The fraction of sp³-hybridized carbons (Fsp3) is 0.333. The fourth-order valence-electron chi connectivity index (χ4n) is 3.18. The molecule has 3 rings (SSSR count). The predicted molar refractivity (Wildman–Crippen MR) is 86.6 cm³/mol. The summed E-state index contributed by atoms with van der Waals surface area (Å²) in [4.78, 5) is 0. The predicted octanol–water partition coefficient (Wildman–Crippen LogP) is 5.95. The number of halogens is 3. The van der Waals surface area contributed by atoms with Crippen molar-refractivity contribution in [2.75, 3.05) is 0 Å². The average Bonchev–Trinajstić information content (AvgIpc) is 2.65. The molecular weight excluding hydrogens is 306 g/mol. The van der Waals surface area contributed by atoms with Crippen molar-refractivity contribution in [2.45, 2.75) is 31.1 Å². The Morgan fingerprint density at radius 1 is 1.10 bits per heavy atom. The zero-order valence-electron chi connectivity index (χ0n) is 11.7. The Labute approximate surface area is 134 Å². The quantitative estimate of drug-likeness (QED) is 0.473. The van der Waals surface area contributed by atoms with Gasteiger partial charge in [-0.1, -0.05) is 48.0 Å². The first-order valence-electron chi connectivity index (χ1n) is 7.31. The smallest absolute Gasteiger partial charge is 0.142 e. The first-order chi connectivity index (χ1) is 10.2. The van der Waals surface area contributed by atoms with E-state index >= 15 is 0 Å². The maximum Gasteiger partial charge on any atom is 0.142 e. The molecule has 0 heterocycles. The van der Waals surface area contributed by atoms with Crippen LogP contribution in [0.3, 0.4) is 0 Å². The third-order valence-corrected chi connectivity index (χ3v) is 5.32. The molecule has 0 fully saturated rings. The van der Waals surface area contributed by atoms with Crippen LogP contribution in [0.25, 0.3) is 0 Å². The minimum atomic E-state index is -0.352. The molecule has 0 saturated heterocycles. The standard InChI is InChI=1S/C18H17Cl2F/c19-17-13(11-14-8-4-10-16(21)18(14)20)7-3-6-12-5-1-2-9-15(12)17/h1-2,4-5,8-10,13,17H,3,6-7,11H2. The number of rotatable bonds is 2. The van der Waals surface area contributed by atoms with Crippen LogP contribution in [-0.4, -0.2) is 0 Å². The van der Waals surface area contributed by atoms with Crippen LogP contribution in [0.1, 0.15) is 34.9 Å². The van der Waals surface area contributed by atoms with Crippen molar-refractivity contribution in [1.29, 1.82) is 0 Å². The number of alkyl halides is 1. The first-order valence-corrected chi connectivity index (χ1v) is 8.13. The maximum atomic E-state index is 13.6. The molecule has 21 heavy (non-hydrogen) atoms. The number of benzene rings is 2. The number of hydrogen-bond acceptors (Lipinski definition) is 0. The number of aryl methyl sites for hydroxylation is 1. The largest absolute Gasteiger partial charge is 0.205 e. The van der Waals surface area contributed by atoms with Crippen LogP contribution in [0, 0.1) is 11.7 Å². The van der Waals surface area contributed by atoms with Gasteiger partial charge in [-0.25, -0.2) is 4.39 Å². The first kappa shape index (κ1) is 14.9. The molecule has 0 aliphatic heterocycles. The molecule has 1 aliphatic carbocycles. The molecule has 2 unspecified atom stereocenters. The molecule has 0 saturated carbocycles. The lowest BCUT2D eigenvalue weighted by Crippen LogP contribution is -2.11. The number of fused-ring (bicyclic) bond motifs is 1. The minimum absolute atomic E-state index is 0.0389. The minimum Gasteiger partial charge on any atom is -0.205 e. The molecule has 2 atom stereocenters. The lowest BCUT2D eigenvalue weighted by atomic mass is 9.90. The Morgan fingerprint density at radius 3 is 2.76 bits per heavy atom. The SMILES string of the molecule is Fc1cccc(CC2CCCc3ccccc3C2Cl)c1Cl. The second-order valence-corrected chi connectivity index (χ2v) is 6.52. The van der Waals surface area contributed by atoms with Crippen molar-refractivity contribution < 1.29 is 4.39 Å². The van der Waals surface area contributed by atoms with Gasteiger partial charge in [0.2, 0.25) is 0 Å². The van der Waals surface area contributed by atoms with Crippen LogP contribution in [0.4, 0.5) is 4.39 Å². The molecule has 0 N–H and O–H groups in total. The van der Waals surface area contributed by atoms with Crippen LogP contribution < -0.4 is 0 Å². The molecule has 0 aromatic heterocycles. The molecule has 0 bridgehead atoms. The van der Waals surface area contributed by atoms with Gasteiger partial charge in [-0.3, -0.25) is 0 Å². The topological polar surface area (TPSA) is 0 Å². The van der Waals surface area contributed by atoms with Crippen LogP contribution >= 0.6 is 23.2 Å². The van der Waals surface area contributed by atoms with Gasteiger partial charge in [0.15, 0.2) is 0 Å². The van der Waals surface area contributed by atoms with Crippen molar-refractivity contribution in [2.24, 2.45) is 5.92 Å². The Bertz CT molecular complexity index is 639. The highest BCUT2D eigenvalue weighted by Gasteiger charge is 2.26. The summed E-state index contributed by atoms with van der Waals surface area (Å²) in [5.41, 5.74) is 3.41.